The van der Waals surface area contributed by atoms with Gasteiger partial charge >= 0.3 is 0 Å². The van der Waals surface area contributed by atoms with Crippen LogP contribution in [-0.2, 0) is 6.42 Å². The van der Waals surface area contributed by atoms with E-state index < -0.39 is 6.10 Å². The predicted octanol–water partition coefficient (Wildman–Crippen LogP) is 3.02. The van der Waals surface area contributed by atoms with E-state index in [-0.39, 0.29) is 11.7 Å². The molecule has 0 aliphatic rings. The Kier molecular flexibility index (Phi) is 4.28. The number of hydrogen-bond donors (Lipinski definition) is 1. The van der Waals surface area contributed by atoms with Crippen molar-refractivity contribution in [2.24, 2.45) is 11.8 Å². The van der Waals surface area contributed by atoms with Gasteiger partial charge in [0.05, 0.1) is 6.10 Å². The molecule has 1 aromatic rings. The lowest BCUT2D eigenvalue weighted by Gasteiger charge is -2.23. The van der Waals surface area contributed by atoms with Crippen LogP contribution in [0.5, 0.6) is 0 Å². The topological polar surface area (TPSA) is 20.2 Å². The van der Waals surface area contributed by atoms with E-state index in [1.807, 2.05) is 6.07 Å². The van der Waals surface area contributed by atoms with Gasteiger partial charge in [0.25, 0.3) is 0 Å². The molecule has 15 heavy (non-hydrogen) atoms. The maximum atomic E-state index is 13.4. The molecular weight excluding hydrogens is 191 g/mol. The smallest absolute Gasteiger partial charge is 0.126 e. The molecule has 0 saturated heterocycles. The van der Waals surface area contributed by atoms with Crippen molar-refractivity contribution in [1.29, 1.82) is 0 Å². The van der Waals surface area contributed by atoms with Crippen LogP contribution in [0.2, 0.25) is 0 Å². The first kappa shape index (κ1) is 12.2. The zero-order valence-corrected chi connectivity index (χ0v) is 9.57. The first-order chi connectivity index (χ1) is 7.02. The number of hydrogen-bond acceptors (Lipinski definition) is 1. The monoisotopic (exact) mass is 210 g/mol. The maximum absolute atomic E-state index is 13.4. The van der Waals surface area contributed by atoms with Gasteiger partial charge in [-0.2, -0.15) is 0 Å². The lowest BCUT2D eigenvalue weighted by Crippen LogP contribution is -2.24. The van der Waals surface area contributed by atoms with Crippen LogP contribution < -0.4 is 0 Å². The summed E-state index contributed by atoms with van der Waals surface area (Å²) in [6.07, 6.45) is 0.201. The van der Waals surface area contributed by atoms with E-state index in [2.05, 4.69) is 13.8 Å². The van der Waals surface area contributed by atoms with E-state index in [0.717, 1.165) is 0 Å². The minimum Gasteiger partial charge on any atom is -0.393 e. The summed E-state index contributed by atoms with van der Waals surface area (Å²) in [4.78, 5) is 0. The molecule has 84 valence electrons. The average molecular weight is 210 g/mol. The molecule has 2 atom stereocenters. The number of rotatable bonds is 4. The third-order valence-electron chi connectivity index (χ3n) is 2.89. The molecule has 0 aliphatic heterocycles. The molecule has 0 amide bonds. The normalized spacial score (nSPS) is 15.3. The van der Waals surface area contributed by atoms with Crippen LogP contribution >= 0.6 is 0 Å². The average Bonchev–Trinajstić information content (AvgIpc) is 2.15. The van der Waals surface area contributed by atoms with Crippen LogP contribution in [0.25, 0.3) is 0 Å². The first-order valence-corrected chi connectivity index (χ1v) is 5.44. The van der Waals surface area contributed by atoms with Crippen molar-refractivity contribution in [3.05, 3.63) is 35.6 Å². The van der Waals surface area contributed by atoms with Gasteiger partial charge in [-0.05, 0) is 36.8 Å². The van der Waals surface area contributed by atoms with Crippen LogP contribution in [0.4, 0.5) is 4.39 Å². The molecule has 0 aromatic heterocycles. The number of benzene rings is 1. The van der Waals surface area contributed by atoms with Crippen LogP contribution in [0.1, 0.15) is 26.3 Å². The van der Waals surface area contributed by atoms with E-state index in [1.165, 1.54) is 6.07 Å². The standard InChI is InChI=1S/C13H19FO/c1-9(2)12(10(3)15)8-11-6-4-5-7-13(11)14/h4-7,9-10,12,15H,8H2,1-3H3. The van der Waals surface area contributed by atoms with E-state index in [9.17, 15) is 9.50 Å². The maximum Gasteiger partial charge on any atom is 0.126 e. The fraction of sp³-hybridized carbons (Fsp3) is 0.538. The minimum absolute atomic E-state index is 0.113. The van der Waals surface area contributed by atoms with Crippen molar-refractivity contribution in [3.63, 3.8) is 0 Å². The number of aliphatic hydroxyl groups is 1. The Balaban J connectivity index is 2.79. The molecule has 1 rings (SSSR count). The molecule has 1 N–H and O–H groups in total. The summed E-state index contributed by atoms with van der Waals surface area (Å²) >= 11 is 0. The van der Waals surface area contributed by atoms with Gasteiger partial charge in [-0.15, -0.1) is 0 Å². The van der Waals surface area contributed by atoms with Gasteiger partial charge in [-0.25, -0.2) is 4.39 Å². The summed E-state index contributed by atoms with van der Waals surface area (Å²) in [5.74, 6) is 0.287. The predicted molar refractivity (Wildman–Crippen MR) is 60.1 cm³/mol. The van der Waals surface area contributed by atoms with Crippen LogP contribution in [-0.4, -0.2) is 11.2 Å². The second-order valence-corrected chi connectivity index (χ2v) is 4.44. The highest BCUT2D eigenvalue weighted by Gasteiger charge is 2.20. The molecule has 0 saturated carbocycles. The van der Waals surface area contributed by atoms with Crippen molar-refractivity contribution >= 4 is 0 Å². The molecule has 0 heterocycles. The number of aliphatic hydroxyl groups excluding tert-OH is 1. The molecule has 1 aromatic carbocycles. The summed E-state index contributed by atoms with van der Waals surface area (Å²) in [7, 11) is 0. The quantitative estimate of drug-likeness (QED) is 0.810. The SMILES string of the molecule is CC(C)C(Cc1ccccc1F)C(C)O. The van der Waals surface area contributed by atoms with Crippen molar-refractivity contribution in [3.8, 4) is 0 Å². The van der Waals surface area contributed by atoms with E-state index >= 15 is 0 Å². The van der Waals surface area contributed by atoms with Gasteiger partial charge in [0.2, 0.25) is 0 Å². The van der Waals surface area contributed by atoms with Crippen LogP contribution in [0.15, 0.2) is 24.3 Å². The van der Waals surface area contributed by atoms with Gasteiger partial charge in [0.15, 0.2) is 0 Å². The Labute approximate surface area is 90.9 Å². The molecule has 0 bridgehead atoms. The van der Waals surface area contributed by atoms with Crippen molar-refractivity contribution in [1.82, 2.24) is 0 Å². The highest BCUT2D eigenvalue weighted by molar-refractivity contribution is 5.18. The lowest BCUT2D eigenvalue weighted by molar-refractivity contribution is 0.0971. The van der Waals surface area contributed by atoms with Gasteiger partial charge in [-0.1, -0.05) is 32.0 Å². The highest BCUT2D eigenvalue weighted by Crippen LogP contribution is 2.22. The summed E-state index contributed by atoms with van der Waals surface area (Å²) in [5.41, 5.74) is 0.692. The lowest BCUT2D eigenvalue weighted by atomic mass is 9.85. The Morgan fingerprint density at radius 2 is 1.80 bits per heavy atom. The van der Waals surface area contributed by atoms with Gasteiger partial charge in [0.1, 0.15) is 5.82 Å². The third-order valence-corrected chi connectivity index (χ3v) is 2.89. The Morgan fingerprint density at radius 3 is 2.27 bits per heavy atom. The van der Waals surface area contributed by atoms with Gasteiger partial charge in [0, 0.05) is 0 Å². The van der Waals surface area contributed by atoms with Crippen molar-refractivity contribution in [2.45, 2.75) is 33.3 Å². The van der Waals surface area contributed by atoms with Gasteiger partial charge < -0.3 is 5.11 Å². The second kappa shape index (κ2) is 5.26. The molecule has 0 aliphatic carbocycles. The van der Waals surface area contributed by atoms with E-state index in [0.29, 0.717) is 17.9 Å². The second-order valence-electron chi connectivity index (χ2n) is 4.44. The largest absolute Gasteiger partial charge is 0.393 e. The molecule has 2 unspecified atom stereocenters. The number of halogens is 1. The van der Waals surface area contributed by atoms with Crippen molar-refractivity contribution < 1.29 is 9.50 Å². The van der Waals surface area contributed by atoms with E-state index in [1.54, 1.807) is 19.1 Å². The van der Waals surface area contributed by atoms with Crippen molar-refractivity contribution in [2.75, 3.05) is 0 Å². The molecular formula is C13H19FO. The fourth-order valence-corrected chi connectivity index (χ4v) is 1.88. The molecule has 1 nitrogen and oxygen atoms in total. The minimum atomic E-state index is -0.399. The Hall–Kier alpha value is -0.890. The zero-order chi connectivity index (χ0) is 11.4. The van der Waals surface area contributed by atoms with Crippen LogP contribution in [0.3, 0.4) is 0 Å². The summed E-state index contributed by atoms with van der Waals surface area (Å²) in [6, 6.07) is 6.77. The Morgan fingerprint density at radius 1 is 1.20 bits per heavy atom. The van der Waals surface area contributed by atoms with Crippen LogP contribution in [0, 0.1) is 17.7 Å². The molecule has 0 spiro atoms. The van der Waals surface area contributed by atoms with Gasteiger partial charge in [-0.3, -0.25) is 0 Å². The summed E-state index contributed by atoms with van der Waals surface area (Å²) in [5, 5.41) is 9.61. The zero-order valence-electron chi connectivity index (χ0n) is 9.57. The summed E-state index contributed by atoms with van der Waals surface area (Å²) in [6.45, 7) is 5.88. The fourth-order valence-electron chi connectivity index (χ4n) is 1.88. The molecule has 2 heteroatoms. The highest BCUT2D eigenvalue weighted by atomic mass is 19.1. The Bertz CT molecular complexity index is 299. The third kappa shape index (κ3) is 3.31. The molecule has 0 radical (unpaired) electrons. The van der Waals surface area contributed by atoms with E-state index in [4.69, 9.17) is 0 Å². The molecule has 0 fully saturated rings. The summed E-state index contributed by atoms with van der Waals surface area (Å²) < 4.78 is 13.4. The first-order valence-electron chi connectivity index (χ1n) is 5.44.